The van der Waals surface area contributed by atoms with Gasteiger partial charge in [-0.2, -0.15) is 0 Å². The molecule has 82 valence electrons. The standard InChI is InChI=1S/C14H9NO2/c16-14(17)12-7-8-15-13-10-4-2-1-3-9(10)5-6-11(12)13/h1-8H,(H,16,17). The first-order valence-corrected chi connectivity index (χ1v) is 5.27. The van der Waals surface area contributed by atoms with E-state index < -0.39 is 5.97 Å². The summed E-state index contributed by atoms with van der Waals surface area (Å²) in [5.41, 5.74) is 1.03. The number of carbonyl (C=O) groups is 1. The third-order valence-electron chi connectivity index (χ3n) is 2.87. The summed E-state index contributed by atoms with van der Waals surface area (Å²) < 4.78 is 0. The number of aromatic nitrogens is 1. The monoisotopic (exact) mass is 223 g/mol. The normalized spacial score (nSPS) is 10.8. The molecule has 3 nitrogen and oxygen atoms in total. The predicted octanol–water partition coefficient (Wildman–Crippen LogP) is 3.09. The second-order valence-corrected chi connectivity index (χ2v) is 3.85. The molecular formula is C14H9NO2. The zero-order valence-electron chi connectivity index (χ0n) is 8.92. The molecule has 17 heavy (non-hydrogen) atoms. The highest BCUT2D eigenvalue weighted by atomic mass is 16.4. The summed E-state index contributed by atoms with van der Waals surface area (Å²) in [4.78, 5) is 15.4. The fraction of sp³-hybridized carbons (Fsp3) is 0. The minimum absolute atomic E-state index is 0.292. The average Bonchev–Trinajstić information content (AvgIpc) is 2.37. The van der Waals surface area contributed by atoms with Crippen molar-refractivity contribution in [3.8, 4) is 0 Å². The summed E-state index contributed by atoms with van der Waals surface area (Å²) in [7, 11) is 0. The van der Waals surface area contributed by atoms with Gasteiger partial charge in [-0.15, -0.1) is 0 Å². The number of fused-ring (bicyclic) bond motifs is 3. The predicted molar refractivity (Wildman–Crippen MR) is 66.2 cm³/mol. The molecule has 0 saturated heterocycles. The van der Waals surface area contributed by atoms with Crippen LogP contribution in [0.1, 0.15) is 10.4 Å². The van der Waals surface area contributed by atoms with Gasteiger partial charge < -0.3 is 5.11 Å². The molecule has 1 N–H and O–H groups in total. The summed E-state index contributed by atoms with van der Waals surface area (Å²) in [5, 5.41) is 11.9. The molecule has 0 radical (unpaired) electrons. The van der Waals surface area contributed by atoms with Crippen LogP contribution in [0.4, 0.5) is 0 Å². The van der Waals surface area contributed by atoms with Gasteiger partial charge in [0.05, 0.1) is 11.1 Å². The van der Waals surface area contributed by atoms with Gasteiger partial charge in [-0.05, 0) is 11.5 Å². The molecule has 0 atom stereocenters. The van der Waals surface area contributed by atoms with Crippen molar-refractivity contribution in [3.05, 3.63) is 54.2 Å². The summed E-state index contributed by atoms with van der Waals surface area (Å²) in [5.74, 6) is -0.923. The quantitative estimate of drug-likeness (QED) is 0.645. The number of pyridine rings is 1. The van der Waals surface area contributed by atoms with Crippen molar-refractivity contribution < 1.29 is 9.90 Å². The van der Waals surface area contributed by atoms with E-state index in [2.05, 4.69) is 4.98 Å². The SMILES string of the molecule is O=C(O)c1ccnc2c1ccc1ccccc12. The van der Waals surface area contributed by atoms with E-state index in [-0.39, 0.29) is 0 Å². The van der Waals surface area contributed by atoms with Gasteiger partial charge in [-0.3, -0.25) is 4.98 Å². The van der Waals surface area contributed by atoms with E-state index in [1.807, 2.05) is 36.4 Å². The molecule has 0 unspecified atom stereocenters. The van der Waals surface area contributed by atoms with Crippen LogP contribution < -0.4 is 0 Å². The Labute approximate surface area is 97.3 Å². The molecule has 3 aromatic rings. The number of benzene rings is 2. The summed E-state index contributed by atoms with van der Waals surface area (Å²) >= 11 is 0. The Morgan fingerprint density at radius 3 is 2.65 bits per heavy atom. The number of carboxylic acid groups (broad SMARTS) is 1. The fourth-order valence-corrected chi connectivity index (χ4v) is 2.07. The number of hydrogen-bond donors (Lipinski definition) is 1. The van der Waals surface area contributed by atoms with Gasteiger partial charge in [0.2, 0.25) is 0 Å². The van der Waals surface area contributed by atoms with Crippen LogP contribution >= 0.6 is 0 Å². The summed E-state index contributed by atoms with van der Waals surface area (Å²) in [6, 6.07) is 13.1. The number of hydrogen-bond acceptors (Lipinski definition) is 2. The minimum Gasteiger partial charge on any atom is -0.478 e. The molecule has 0 aliphatic carbocycles. The maximum atomic E-state index is 11.1. The van der Waals surface area contributed by atoms with Crippen LogP contribution in [0.2, 0.25) is 0 Å². The van der Waals surface area contributed by atoms with Crippen molar-refractivity contribution in [2.75, 3.05) is 0 Å². The highest BCUT2D eigenvalue weighted by Crippen LogP contribution is 2.25. The lowest BCUT2D eigenvalue weighted by atomic mass is 10.0. The lowest BCUT2D eigenvalue weighted by Gasteiger charge is -2.05. The van der Waals surface area contributed by atoms with Gasteiger partial charge in [0.25, 0.3) is 0 Å². The molecule has 0 aliphatic heterocycles. The number of rotatable bonds is 1. The third kappa shape index (κ3) is 1.44. The van der Waals surface area contributed by atoms with E-state index in [9.17, 15) is 4.79 Å². The highest BCUT2D eigenvalue weighted by molar-refractivity contribution is 6.11. The van der Waals surface area contributed by atoms with E-state index >= 15 is 0 Å². The lowest BCUT2D eigenvalue weighted by Crippen LogP contribution is -1.98. The molecular weight excluding hydrogens is 214 g/mol. The van der Waals surface area contributed by atoms with E-state index in [1.165, 1.54) is 12.3 Å². The summed E-state index contributed by atoms with van der Waals surface area (Å²) in [6.07, 6.45) is 1.54. The van der Waals surface area contributed by atoms with Crippen molar-refractivity contribution >= 4 is 27.6 Å². The Hall–Kier alpha value is -2.42. The number of carboxylic acids is 1. The number of nitrogens with zero attached hydrogens (tertiary/aromatic N) is 1. The molecule has 3 rings (SSSR count). The van der Waals surface area contributed by atoms with Crippen LogP contribution in [0, 0.1) is 0 Å². The first kappa shape index (κ1) is 9.78. The molecule has 1 aromatic heterocycles. The highest BCUT2D eigenvalue weighted by Gasteiger charge is 2.10. The smallest absolute Gasteiger partial charge is 0.336 e. The molecule has 0 aliphatic rings. The lowest BCUT2D eigenvalue weighted by molar-refractivity contribution is 0.0699. The number of aromatic carboxylic acids is 1. The van der Waals surface area contributed by atoms with Crippen LogP contribution in [0.5, 0.6) is 0 Å². The first-order chi connectivity index (χ1) is 8.27. The Morgan fingerprint density at radius 2 is 1.82 bits per heavy atom. The van der Waals surface area contributed by atoms with Crippen molar-refractivity contribution in [2.45, 2.75) is 0 Å². The van der Waals surface area contributed by atoms with Crippen LogP contribution in [-0.4, -0.2) is 16.1 Å². The molecule has 2 aromatic carbocycles. The Bertz CT molecular complexity index is 734. The molecule has 0 amide bonds. The van der Waals surface area contributed by atoms with E-state index in [0.717, 1.165) is 16.3 Å². The van der Waals surface area contributed by atoms with Crippen LogP contribution in [-0.2, 0) is 0 Å². The Kier molecular flexibility index (Phi) is 2.05. The molecule has 0 saturated carbocycles. The second-order valence-electron chi connectivity index (χ2n) is 3.85. The fourth-order valence-electron chi connectivity index (χ4n) is 2.07. The van der Waals surface area contributed by atoms with E-state index in [4.69, 9.17) is 5.11 Å². The first-order valence-electron chi connectivity index (χ1n) is 5.27. The molecule has 0 spiro atoms. The van der Waals surface area contributed by atoms with E-state index in [1.54, 1.807) is 0 Å². The maximum absolute atomic E-state index is 11.1. The van der Waals surface area contributed by atoms with Crippen LogP contribution in [0.3, 0.4) is 0 Å². The molecule has 3 heteroatoms. The van der Waals surface area contributed by atoms with Gasteiger partial charge in [-0.25, -0.2) is 4.79 Å². The van der Waals surface area contributed by atoms with E-state index in [0.29, 0.717) is 10.9 Å². The van der Waals surface area contributed by atoms with Gasteiger partial charge in [-0.1, -0.05) is 36.4 Å². The second kappa shape index (κ2) is 3.56. The minimum atomic E-state index is -0.923. The molecule has 1 heterocycles. The maximum Gasteiger partial charge on any atom is 0.336 e. The van der Waals surface area contributed by atoms with Gasteiger partial charge in [0, 0.05) is 17.0 Å². The molecule has 0 bridgehead atoms. The Morgan fingerprint density at radius 1 is 1.00 bits per heavy atom. The topological polar surface area (TPSA) is 50.2 Å². The van der Waals surface area contributed by atoms with Crippen molar-refractivity contribution in [1.29, 1.82) is 0 Å². The zero-order chi connectivity index (χ0) is 11.8. The van der Waals surface area contributed by atoms with Crippen LogP contribution in [0.25, 0.3) is 21.7 Å². The largest absolute Gasteiger partial charge is 0.478 e. The van der Waals surface area contributed by atoms with Crippen molar-refractivity contribution in [2.24, 2.45) is 0 Å². The van der Waals surface area contributed by atoms with Crippen LogP contribution in [0.15, 0.2) is 48.7 Å². The zero-order valence-corrected chi connectivity index (χ0v) is 8.92. The summed E-state index contributed by atoms with van der Waals surface area (Å²) in [6.45, 7) is 0. The van der Waals surface area contributed by atoms with Gasteiger partial charge >= 0.3 is 5.97 Å². The molecule has 0 fully saturated rings. The third-order valence-corrected chi connectivity index (χ3v) is 2.87. The van der Waals surface area contributed by atoms with Crippen molar-refractivity contribution in [1.82, 2.24) is 4.98 Å². The van der Waals surface area contributed by atoms with Gasteiger partial charge in [0.1, 0.15) is 0 Å². The average molecular weight is 223 g/mol. The Balaban J connectivity index is 2.52. The van der Waals surface area contributed by atoms with Gasteiger partial charge in [0.15, 0.2) is 0 Å². The van der Waals surface area contributed by atoms with Crippen molar-refractivity contribution in [3.63, 3.8) is 0 Å².